The van der Waals surface area contributed by atoms with Gasteiger partial charge in [0.05, 0.1) is 6.61 Å². The van der Waals surface area contributed by atoms with Crippen LogP contribution in [-0.4, -0.2) is 38.7 Å². The number of hydrogen-bond donors (Lipinski definition) is 1. The number of fused-ring (bicyclic) bond motifs is 1. The molecule has 1 unspecified atom stereocenters. The van der Waals surface area contributed by atoms with Gasteiger partial charge in [-0.25, -0.2) is 0 Å². The third kappa shape index (κ3) is 3.28. The van der Waals surface area contributed by atoms with Crippen molar-refractivity contribution in [1.29, 1.82) is 0 Å². The van der Waals surface area contributed by atoms with Gasteiger partial charge >= 0.3 is 0 Å². The van der Waals surface area contributed by atoms with Crippen molar-refractivity contribution >= 4 is 0 Å². The van der Waals surface area contributed by atoms with E-state index in [0.29, 0.717) is 6.54 Å². The quantitative estimate of drug-likeness (QED) is 0.885. The van der Waals surface area contributed by atoms with Gasteiger partial charge in [0.25, 0.3) is 0 Å². The fourth-order valence-electron chi connectivity index (χ4n) is 3.07. The molecule has 2 N–H and O–H groups in total. The Morgan fingerprint density at radius 2 is 2.11 bits per heavy atom. The number of rotatable bonds is 5. The maximum atomic E-state index is 6.17. The van der Waals surface area contributed by atoms with Gasteiger partial charge in [-0.2, -0.15) is 0 Å². The molecule has 1 aliphatic rings. The van der Waals surface area contributed by atoms with Crippen molar-refractivity contribution < 1.29 is 4.74 Å². The Balaban J connectivity index is 2.22. The molecular weight excluding hydrogens is 236 g/mol. The summed E-state index contributed by atoms with van der Waals surface area (Å²) in [5.41, 5.74) is 7.58. The summed E-state index contributed by atoms with van der Waals surface area (Å²) in [6, 6.07) is 8.43. The SMILES string of the molecule is CN(C)CCCC1(CN)CCCOc2ccccc21. The van der Waals surface area contributed by atoms with E-state index in [4.69, 9.17) is 10.5 Å². The highest BCUT2D eigenvalue weighted by Gasteiger charge is 2.34. The van der Waals surface area contributed by atoms with Crippen LogP contribution >= 0.6 is 0 Å². The van der Waals surface area contributed by atoms with E-state index >= 15 is 0 Å². The van der Waals surface area contributed by atoms with Crippen LogP contribution in [0.5, 0.6) is 5.75 Å². The smallest absolute Gasteiger partial charge is 0.123 e. The lowest BCUT2D eigenvalue weighted by molar-refractivity contribution is 0.301. The van der Waals surface area contributed by atoms with E-state index in [9.17, 15) is 0 Å². The normalized spacial score (nSPS) is 22.7. The molecule has 3 nitrogen and oxygen atoms in total. The standard InChI is InChI=1S/C16H26N2O/c1-18(2)11-5-9-16(13-17)10-6-12-19-15-8-4-3-7-14(15)16/h3-4,7-8H,5-6,9-13,17H2,1-2H3. The first-order valence-electron chi connectivity index (χ1n) is 7.25. The van der Waals surface area contributed by atoms with Crippen LogP contribution in [0, 0.1) is 0 Å². The lowest BCUT2D eigenvalue weighted by atomic mass is 9.73. The second-order valence-corrected chi connectivity index (χ2v) is 5.84. The van der Waals surface area contributed by atoms with E-state index in [2.05, 4.69) is 37.2 Å². The van der Waals surface area contributed by atoms with E-state index in [-0.39, 0.29) is 5.41 Å². The van der Waals surface area contributed by atoms with Crippen LogP contribution < -0.4 is 10.5 Å². The molecule has 0 amide bonds. The monoisotopic (exact) mass is 262 g/mol. The van der Waals surface area contributed by atoms with Crippen LogP contribution in [0.4, 0.5) is 0 Å². The predicted molar refractivity (Wildman–Crippen MR) is 79.7 cm³/mol. The van der Waals surface area contributed by atoms with Crippen molar-refractivity contribution in [2.24, 2.45) is 5.73 Å². The van der Waals surface area contributed by atoms with Crippen LogP contribution in [0.25, 0.3) is 0 Å². The highest BCUT2D eigenvalue weighted by molar-refractivity contribution is 5.40. The van der Waals surface area contributed by atoms with E-state index < -0.39 is 0 Å². The molecule has 0 radical (unpaired) electrons. The molecule has 106 valence electrons. The average molecular weight is 262 g/mol. The van der Waals surface area contributed by atoms with Gasteiger partial charge in [0, 0.05) is 17.5 Å². The van der Waals surface area contributed by atoms with Crippen LogP contribution in [0.3, 0.4) is 0 Å². The first-order chi connectivity index (χ1) is 9.18. The van der Waals surface area contributed by atoms with Crippen LogP contribution in [-0.2, 0) is 5.41 Å². The van der Waals surface area contributed by atoms with Gasteiger partial charge in [-0.05, 0) is 52.4 Å². The predicted octanol–water partition coefficient (Wildman–Crippen LogP) is 2.40. The third-order valence-corrected chi connectivity index (χ3v) is 4.17. The molecule has 0 aromatic heterocycles. The van der Waals surface area contributed by atoms with Crippen molar-refractivity contribution in [3.63, 3.8) is 0 Å². The number of ether oxygens (including phenoxy) is 1. The Bertz CT molecular complexity index is 405. The minimum absolute atomic E-state index is 0.100. The Hall–Kier alpha value is -1.06. The number of benzene rings is 1. The van der Waals surface area contributed by atoms with E-state index in [0.717, 1.165) is 38.2 Å². The minimum Gasteiger partial charge on any atom is -0.493 e. The summed E-state index contributed by atoms with van der Waals surface area (Å²) in [5, 5.41) is 0. The molecule has 0 saturated heterocycles. The molecule has 3 heteroatoms. The van der Waals surface area contributed by atoms with E-state index in [1.54, 1.807) is 0 Å². The molecular formula is C16H26N2O. The first-order valence-corrected chi connectivity index (χ1v) is 7.25. The summed E-state index contributed by atoms with van der Waals surface area (Å²) in [7, 11) is 4.25. The zero-order chi connectivity index (χ0) is 13.7. The fraction of sp³-hybridized carbons (Fsp3) is 0.625. The first kappa shape index (κ1) is 14.4. The molecule has 0 saturated carbocycles. The summed E-state index contributed by atoms with van der Waals surface area (Å²) >= 11 is 0. The summed E-state index contributed by atoms with van der Waals surface area (Å²) in [6.45, 7) is 2.64. The van der Waals surface area contributed by atoms with Gasteiger partial charge < -0.3 is 15.4 Å². The molecule has 0 fully saturated rings. The minimum atomic E-state index is 0.100. The molecule has 19 heavy (non-hydrogen) atoms. The largest absolute Gasteiger partial charge is 0.493 e. The fourth-order valence-corrected chi connectivity index (χ4v) is 3.07. The van der Waals surface area contributed by atoms with Crippen molar-refractivity contribution in [3.8, 4) is 5.75 Å². The molecule has 0 aliphatic carbocycles. The molecule has 1 aromatic carbocycles. The topological polar surface area (TPSA) is 38.5 Å². The molecule has 0 spiro atoms. The second-order valence-electron chi connectivity index (χ2n) is 5.84. The van der Waals surface area contributed by atoms with Gasteiger partial charge in [0.1, 0.15) is 5.75 Å². The van der Waals surface area contributed by atoms with Gasteiger partial charge in [-0.15, -0.1) is 0 Å². The molecule has 1 heterocycles. The summed E-state index contributed by atoms with van der Waals surface area (Å²) in [4.78, 5) is 2.24. The zero-order valence-electron chi connectivity index (χ0n) is 12.2. The molecule has 0 bridgehead atoms. The van der Waals surface area contributed by atoms with Gasteiger partial charge in [-0.1, -0.05) is 18.2 Å². The van der Waals surface area contributed by atoms with Gasteiger partial charge in [-0.3, -0.25) is 0 Å². The summed E-state index contributed by atoms with van der Waals surface area (Å²) in [5.74, 6) is 1.04. The van der Waals surface area contributed by atoms with Gasteiger partial charge in [0.15, 0.2) is 0 Å². The lowest BCUT2D eigenvalue weighted by Crippen LogP contribution is -2.35. The zero-order valence-corrected chi connectivity index (χ0v) is 12.2. The van der Waals surface area contributed by atoms with E-state index in [1.165, 1.54) is 12.0 Å². The highest BCUT2D eigenvalue weighted by Crippen LogP contribution is 2.40. The molecule has 2 rings (SSSR count). The van der Waals surface area contributed by atoms with Crippen molar-refractivity contribution in [3.05, 3.63) is 29.8 Å². The molecule has 1 aromatic rings. The number of para-hydroxylation sites is 1. The maximum Gasteiger partial charge on any atom is 0.123 e. The maximum absolute atomic E-state index is 6.17. The molecule has 1 atom stereocenters. The Kier molecular flexibility index (Phi) is 4.83. The Morgan fingerprint density at radius 3 is 2.84 bits per heavy atom. The number of nitrogens with zero attached hydrogens (tertiary/aromatic N) is 1. The van der Waals surface area contributed by atoms with Crippen LogP contribution in [0.2, 0.25) is 0 Å². The van der Waals surface area contributed by atoms with Crippen molar-refractivity contribution in [2.45, 2.75) is 31.1 Å². The van der Waals surface area contributed by atoms with E-state index in [1.807, 2.05) is 6.07 Å². The summed E-state index contributed by atoms with van der Waals surface area (Å²) < 4.78 is 5.87. The van der Waals surface area contributed by atoms with Crippen molar-refractivity contribution in [2.75, 3.05) is 33.8 Å². The third-order valence-electron chi connectivity index (χ3n) is 4.17. The number of hydrogen-bond acceptors (Lipinski definition) is 3. The molecule has 1 aliphatic heterocycles. The number of nitrogens with two attached hydrogens (primary N) is 1. The van der Waals surface area contributed by atoms with Crippen LogP contribution in [0.15, 0.2) is 24.3 Å². The van der Waals surface area contributed by atoms with Gasteiger partial charge in [0.2, 0.25) is 0 Å². The lowest BCUT2D eigenvalue weighted by Gasteiger charge is -2.33. The second kappa shape index (κ2) is 6.40. The Labute approximate surface area is 116 Å². The highest BCUT2D eigenvalue weighted by atomic mass is 16.5. The van der Waals surface area contributed by atoms with Crippen molar-refractivity contribution in [1.82, 2.24) is 4.90 Å². The Morgan fingerprint density at radius 1 is 1.32 bits per heavy atom. The average Bonchev–Trinajstić information content (AvgIpc) is 2.59. The van der Waals surface area contributed by atoms with Crippen LogP contribution in [0.1, 0.15) is 31.2 Å². The summed E-state index contributed by atoms with van der Waals surface area (Å²) in [6.07, 6.45) is 4.54.